The molecule has 0 saturated heterocycles. The lowest BCUT2D eigenvalue weighted by molar-refractivity contribution is -0.137. The highest BCUT2D eigenvalue weighted by Crippen LogP contribution is 2.34. The number of esters is 1. The van der Waals surface area contributed by atoms with Gasteiger partial charge in [0.25, 0.3) is 0 Å². The molecule has 1 amide bonds. The summed E-state index contributed by atoms with van der Waals surface area (Å²) >= 11 is 12.1. The van der Waals surface area contributed by atoms with Gasteiger partial charge < -0.3 is 24.6 Å². The summed E-state index contributed by atoms with van der Waals surface area (Å²) in [5, 5.41) is 12.8. The Labute approximate surface area is 295 Å². The number of unbranched alkanes of at least 4 members (excludes halogenated alkanes) is 2. The van der Waals surface area contributed by atoms with Crippen LogP contribution < -0.4 is 14.8 Å². The number of anilines is 1. The predicted molar refractivity (Wildman–Crippen MR) is 193 cm³/mol. The van der Waals surface area contributed by atoms with Crippen molar-refractivity contribution in [2.24, 2.45) is 0 Å². The minimum Gasteiger partial charge on any atom is -0.493 e. The second kappa shape index (κ2) is 19.3. The molecule has 3 aromatic carbocycles. The van der Waals surface area contributed by atoms with Crippen LogP contribution in [0, 0.1) is 0 Å². The topological polar surface area (TPSA) is 111 Å². The monoisotopic (exact) mass is 701 g/mol. The van der Waals surface area contributed by atoms with Crippen LogP contribution in [-0.2, 0) is 25.2 Å². The van der Waals surface area contributed by atoms with Crippen LogP contribution in [0.25, 0.3) is 0 Å². The smallest absolute Gasteiger partial charge is 0.337 e. The van der Waals surface area contributed by atoms with E-state index in [0.717, 1.165) is 35.5 Å². The van der Waals surface area contributed by atoms with Crippen LogP contribution in [0.3, 0.4) is 0 Å². The molecule has 3 rings (SSSR count). The summed E-state index contributed by atoms with van der Waals surface area (Å²) < 4.78 is 16.3. The Morgan fingerprint density at radius 2 is 1.15 bits per heavy atom. The van der Waals surface area contributed by atoms with Gasteiger partial charge >= 0.3 is 11.9 Å². The third-order valence-corrected chi connectivity index (χ3v) is 7.66. The van der Waals surface area contributed by atoms with E-state index in [0.29, 0.717) is 53.8 Å². The average molecular weight is 703 g/mol. The SMILES string of the molecule is CC(C)(C)c1cc(Cl)ccc1OCCCCC(=O)O.COC(=O)c1ccc(NC(=O)CCCCOc2ccc(Cl)cc2C(C)(C)C)cc1. The zero-order valence-corrected chi connectivity index (χ0v) is 30.6. The molecule has 0 fully saturated rings. The van der Waals surface area contributed by atoms with Gasteiger partial charge in [-0.15, -0.1) is 0 Å². The Hall–Kier alpha value is -3.75. The Morgan fingerprint density at radius 3 is 1.56 bits per heavy atom. The summed E-state index contributed by atoms with van der Waals surface area (Å²) in [5.41, 5.74) is 3.12. The van der Waals surface area contributed by atoms with Crippen molar-refractivity contribution in [3.8, 4) is 11.5 Å². The largest absolute Gasteiger partial charge is 0.493 e. The summed E-state index contributed by atoms with van der Waals surface area (Å²) in [6, 6.07) is 17.9. The van der Waals surface area contributed by atoms with Gasteiger partial charge in [0.1, 0.15) is 11.5 Å². The first kappa shape index (κ1) is 40.4. The fraction of sp³-hybridized carbons (Fsp3) is 0.447. The van der Waals surface area contributed by atoms with E-state index in [2.05, 4.69) is 51.6 Å². The Morgan fingerprint density at radius 1 is 0.688 bits per heavy atom. The van der Waals surface area contributed by atoms with Crippen molar-refractivity contribution < 1.29 is 33.7 Å². The molecule has 48 heavy (non-hydrogen) atoms. The zero-order valence-electron chi connectivity index (χ0n) is 29.1. The second-order valence-corrected chi connectivity index (χ2v) is 14.3. The molecule has 0 heterocycles. The van der Waals surface area contributed by atoms with Crippen molar-refractivity contribution in [1.29, 1.82) is 0 Å². The molecule has 10 heteroatoms. The lowest BCUT2D eigenvalue weighted by Crippen LogP contribution is -2.14. The van der Waals surface area contributed by atoms with Gasteiger partial charge in [-0.1, -0.05) is 64.7 Å². The fourth-order valence-electron chi connectivity index (χ4n) is 4.59. The molecule has 0 unspecified atom stereocenters. The van der Waals surface area contributed by atoms with Crippen molar-refractivity contribution in [3.63, 3.8) is 0 Å². The second-order valence-electron chi connectivity index (χ2n) is 13.4. The number of carbonyl (C=O) groups excluding carboxylic acids is 2. The Balaban J connectivity index is 0.000000365. The molecule has 0 aliphatic carbocycles. The highest BCUT2D eigenvalue weighted by molar-refractivity contribution is 6.31. The number of carboxylic acid groups (broad SMARTS) is 1. The van der Waals surface area contributed by atoms with Gasteiger partial charge in [-0.25, -0.2) is 4.79 Å². The van der Waals surface area contributed by atoms with E-state index >= 15 is 0 Å². The number of ether oxygens (including phenoxy) is 3. The van der Waals surface area contributed by atoms with Crippen LogP contribution in [0.15, 0.2) is 60.7 Å². The van der Waals surface area contributed by atoms with E-state index in [1.54, 1.807) is 24.3 Å². The van der Waals surface area contributed by atoms with Gasteiger partial charge in [0.05, 0.1) is 25.9 Å². The molecule has 0 aliphatic heterocycles. The van der Waals surface area contributed by atoms with Crippen LogP contribution in [0.4, 0.5) is 5.69 Å². The normalized spacial score (nSPS) is 11.2. The summed E-state index contributed by atoms with van der Waals surface area (Å²) in [4.78, 5) is 33.9. The lowest BCUT2D eigenvalue weighted by atomic mass is 9.86. The number of amides is 1. The molecule has 0 aliphatic rings. The van der Waals surface area contributed by atoms with Gasteiger partial charge in [0.2, 0.25) is 5.91 Å². The molecule has 0 aromatic heterocycles. The van der Waals surface area contributed by atoms with Crippen molar-refractivity contribution in [2.75, 3.05) is 25.6 Å². The Bertz CT molecular complexity index is 1490. The average Bonchev–Trinajstić information content (AvgIpc) is 3.01. The molecule has 0 saturated carbocycles. The number of hydrogen-bond donors (Lipinski definition) is 2. The quantitative estimate of drug-likeness (QED) is 0.127. The number of nitrogens with one attached hydrogen (secondary N) is 1. The van der Waals surface area contributed by atoms with Crippen molar-refractivity contribution >= 4 is 46.7 Å². The number of hydrogen-bond acceptors (Lipinski definition) is 6. The van der Waals surface area contributed by atoms with E-state index in [1.807, 2.05) is 36.4 Å². The van der Waals surface area contributed by atoms with Crippen LogP contribution in [0.5, 0.6) is 11.5 Å². The maximum absolute atomic E-state index is 12.1. The van der Waals surface area contributed by atoms with Crippen molar-refractivity contribution in [2.45, 2.75) is 90.9 Å². The molecule has 3 aromatic rings. The summed E-state index contributed by atoms with van der Waals surface area (Å²) in [6.45, 7) is 13.7. The van der Waals surface area contributed by atoms with Crippen LogP contribution >= 0.6 is 23.2 Å². The number of aliphatic carboxylic acids is 1. The van der Waals surface area contributed by atoms with Gasteiger partial charge in [-0.3, -0.25) is 9.59 Å². The maximum Gasteiger partial charge on any atom is 0.337 e. The summed E-state index contributed by atoms with van der Waals surface area (Å²) in [6.07, 6.45) is 3.43. The van der Waals surface area contributed by atoms with Crippen LogP contribution in [-0.4, -0.2) is 43.3 Å². The maximum atomic E-state index is 12.1. The molecule has 262 valence electrons. The first-order valence-electron chi connectivity index (χ1n) is 16.1. The van der Waals surface area contributed by atoms with E-state index in [-0.39, 0.29) is 23.2 Å². The van der Waals surface area contributed by atoms with Gasteiger partial charge in [-0.2, -0.15) is 0 Å². The fourth-order valence-corrected chi connectivity index (χ4v) is 4.93. The highest BCUT2D eigenvalue weighted by atomic mass is 35.5. The van der Waals surface area contributed by atoms with Gasteiger partial charge in [-0.05, 0) is 97.2 Å². The number of carboxylic acids is 1. The number of rotatable bonds is 14. The van der Waals surface area contributed by atoms with E-state index < -0.39 is 11.9 Å². The van der Waals surface area contributed by atoms with Crippen LogP contribution in [0.1, 0.15) is 102 Å². The number of benzene rings is 3. The number of methoxy groups -OCH3 is 1. The first-order valence-corrected chi connectivity index (χ1v) is 16.8. The highest BCUT2D eigenvalue weighted by Gasteiger charge is 2.20. The van der Waals surface area contributed by atoms with Crippen LogP contribution in [0.2, 0.25) is 10.0 Å². The molecule has 2 N–H and O–H groups in total. The number of halogens is 2. The summed E-state index contributed by atoms with van der Waals surface area (Å²) in [7, 11) is 1.33. The van der Waals surface area contributed by atoms with Crippen molar-refractivity contribution in [1.82, 2.24) is 0 Å². The molecule has 0 radical (unpaired) electrons. The third kappa shape index (κ3) is 14.6. The third-order valence-electron chi connectivity index (χ3n) is 7.19. The molecular formula is C38H49Cl2NO7. The molecular weight excluding hydrogens is 653 g/mol. The lowest BCUT2D eigenvalue weighted by Gasteiger charge is -2.23. The summed E-state index contributed by atoms with van der Waals surface area (Å²) in [5.74, 6) is 0.419. The standard InChI is InChI=1S/C23H28ClNO4.C15H21ClO3/c1-23(2,3)19-15-17(24)10-13-20(19)29-14-6-5-7-21(26)25-18-11-8-16(9-12-18)22(27)28-4;1-15(2,3)12-10-11(16)7-8-13(12)19-9-5-4-6-14(17)18/h8-13,15H,5-7,14H2,1-4H3,(H,25,26);7-8,10H,4-6,9H2,1-3H3,(H,17,18). The molecule has 8 nitrogen and oxygen atoms in total. The van der Waals surface area contributed by atoms with E-state index in [9.17, 15) is 14.4 Å². The minimum atomic E-state index is -0.762. The van der Waals surface area contributed by atoms with E-state index in [1.165, 1.54) is 7.11 Å². The Kier molecular flexibility index (Phi) is 16.3. The van der Waals surface area contributed by atoms with Crippen molar-refractivity contribution in [3.05, 3.63) is 87.4 Å². The zero-order chi connectivity index (χ0) is 35.9. The molecule has 0 atom stereocenters. The van der Waals surface area contributed by atoms with Gasteiger partial charge in [0, 0.05) is 39.7 Å². The minimum absolute atomic E-state index is 0.0404. The molecule has 0 spiro atoms. The van der Waals surface area contributed by atoms with Gasteiger partial charge in [0.15, 0.2) is 0 Å². The number of carbonyl (C=O) groups is 3. The predicted octanol–water partition coefficient (Wildman–Crippen LogP) is 9.88. The molecule has 0 bridgehead atoms. The van der Waals surface area contributed by atoms with E-state index in [4.69, 9.17) is 37.8 Å². The first-order chi connectivity index (χ1) is 22.5.